The number of carboxylic acid groups (broad SMARTS) is 1. The van der Waals surface area contributed by atoms with Gasteiger partial charge < -0.3 is 10.2 Å². The van der Waals surface area contributed by atoms with Gasteiger partial charge in [0.2, 0.25) is 0 Å². The lowest BCUT2D eigenvalue weighted by atomic mass is 9.92. The number of hydrogen-bond acceptors (Lipinski definition) is 4. The molecule has 0 saturated heterocycles. The summed E-state index contributed by atoms with van der Waals surface area (Å²) in [5.74, 6) is -0.395. The summed E-state index contributed by atoms with van der Waals surface area (Å²) in [4.78, 5) is 16.4. The molecule has 3 aromatic carbocycles. The van der Waals surface area contributed by atoms with Crippen molar-refractivity contribution in [3.63, 3.8) is 0 Å². The minimum atomic E-state index is -0.806. The van der Waals surface area contributed by atoms with E-state index in [2.05, 4.69) is 36.4 Å². The van der Waals surface area contributed by atoms with Gasteiger partial charge in [-0.1, -0.05) is 78.3 Å². The molecule has 0 saturated carbocycles. The minimum absolute atomic E-state index is 0.247. The number of thioether (sulfide) groups is 1. The van der Waals surface area contributed by atoms with E-state index >= 15 is 0 Å². The van der Waals surface area contributed by atoms with E-state index < -0.39 is 11.9 Å². The summed E-state index contributed by atoms with van der Waals surface area (Å²) in [5.41, 5.74) is 6.05. The van der Waals surface area contributed by atoms with Gasteiger partial charge in [0, 0.05) is 15.7 Å². The first-order chi connectivity index (χ1) is 19.3. The van der Waals surface area contributed by atoms with Crippen LogP contribution in [0.15, 0.2) is 78.9 Å². The van der Waals surface area contributed by atoms with E-state index in [0.717, 1.165) is 64.7 Å². The Kier molecular flexibility index (Phi) is 10.8. The minimum Gasteiger partial charge on any atom is -0.481 e. The fourth-order valence-corrected chi connectivity index (χ4v) is 6.21. The highest BCUT2D eigenvalue weighted by molar-refractivity contribution is 7.99. The number of carboxylic acids is 1. The molecule has 3 atom stereocenters. The Labute approximate surface area is 246 Å². The number of carbonyl (C=O) groups is 1. The van der Waals surface area contributed by atoms with E-state index in [9.17, 15) is 15.0 Å². The number of aliphatic hydroxyl groups excluding tert-OH is 1. The van der Waals surface area contributed by atoms with Crippen molar-refractivity contribution in [2.75, 3.05) is 5.75 Å². The topological polar surface area (TPSA) is 70.4 Å². The van der Waals surface area contributed by atoms with Crippen molar-refractivity contribution in [1.82, 2.24) is 4.98 Å². The van der Waals surface area contributed by atoms with Crippen LogP contribution in [0.1, 0.15) is 72.2 Å². The molecule has 0 fully saturated rings. The summed E-state index contributed by atoms with van der Waals surface area (Å²) in [6.45, 7) is 3.58. The van der Waals surface area contributed by atoms with Crippen molar-refractivity contribution in [2.24, 2.45) is 0 Å². The van der Waals surface area contributed by atoms with Gasteiger partial charge in [0.05, 0.1) is 23.2 Å². The molecular weight excluding hydrogens is 538 g/mol. The van der Waals surface area contributed by atoms with Gasteiger partial charge in [0.1, 0.15) is 0 Å². The molecule has 1 aromatic heterocycles. The molecular formula is C34H36ClNO3S. The van der Waals surface area contributed by atoms with Crippen molar-refractivity contribution < 1.29 is 15.0 Å². The molecule has 6 heteroatoms. The van der Waals surface area contributed by atoms with Crippen LogP contribution in [0.4, 0.5) is 0 Å². The van der Waals surface area contributed by atoms with Crippen LogP contribution in [0.2, 0.25) is 5.02 Å². The van der Waals surface area contributed by atoms with Gasteiger partial charge in [-0.3, -0.25) is 4.79 Å². The maximum atomic E-state index is 11.7. The quantitative estimate of drug-likeness (QED) is 0.156. The molecule has 2 N–H and O–H groups in total. The van der Waals surface area contributed by atoms with Crippen molar-refractivity contribution >= 4 is 52.4 Å². The highest BCUT2D eigenvalue weighted by atomic mass is 35.5. The number of pyridine rings is 1. The molecule has 0 bridgehead atoms. The first kappa shape index (κ1) is 29.9. The number of rotatable bonds is 13. The van der Waals surface area contributed by atoms with Crippen molar-refractivity contribution in [3.05, 3.63) is 112 Å². The lowest BCUT2D eigenvalue weighted by Crippen LogP contribution is -2.10. The summed E-state index contributed by atoms with van der Waals surface area (Å²) in [6.07, 6.45) is 7.23. The predicted octanol–water partition coefficient (Wildman–Crippen LogP) is 8.81. The summed E-state index contributed by atoms with van der Waals surface area (Å²) in [7, 11) is 0. The smallest absolute Gasteiger partial charge is 0.310 e. The molecule has 4 rings (SSSR count). The van der Waals surface area contributed by atoms with Crippen LogP contribution in [0.5, 0.6) is 0 Å². The second-order valence-corrected chi connectivity index (χ2v) is 12.0. The zero-order chi connectivity index (χ0) is 28.5. The van der Waals surface area contributed by atoms with Gasteiger partial charge in [-0.25, -0.2) is 4.98 Å². The molecule has 0 aliphatic rings. The Hall–Kier alpha value is -3.12. The van der Waals surface area contributed by atoms with Crippen LogP contribution >= 0.6 is 23.4 Å². The van der Waals surface area contributed by atoms with Crippen molar-refractivity contribution in [1.29, 1.82) is 0 Å². The second-order valence-electron chi connectivity index (χ2n) is 10.2. The Morgan fingerprint density at radius 2 is 1.77 bits per heavy atom. The molecule has 4 aromatic rings. The van der Waals surface area contributed by atoms with Crippen LogP contribution in [-0.2, 0) is 11.2 Å². The van der Waals surface area contributed by atoms with Gasteiger partial charge in [-0.2, -0.15) is 11.8 Å². The highest BCUT2D eigenvalue weighted by Gasteiger charge is 2.19. The molecule has 0 radical (unpaired) electrons. The SMILES string of the molecule is CC(O)CCCS[C@@H](CCc1ccccc1C(C)C(=O)O)c1cccc(C=Cc2ccc3ccc(Cl)cc3n2)c1. The Morgan fingerprint density at radius 3 is 2.58 bits per heavy atom. The fourth-order valence-electron chi connectivity index (χ4n) is 4.80. The number of aromatic nitrogens is 1. The number of fused-ring (bicyclic) bond motifs is 1. The molecule has 208 valence electrons. The summed E-state index contributed by atoms with van der Waals surface area (Å²) in [5, 5.41) is 21.3. The summed E-state index contributed by atoms with van der Waals surface area (Å²) >= 11 is 8.06. The van der Waals surface area contributed by atoms with Gasteiger partial charge in [-0.15, -0.1) is 0 Å². The average molecular weight is 574 g/mol. The lowest BCUT2D eigenvalue weighted by Gasteiger charge is -2.20. The van der Waals surface area contributed by atoms with Crippen LogP contribution < -0.4 is 0 Å². The first-order valence-electron chi connectivity index (χ1n) is 13.7. The molecule has 0 aliphatic heterocycles. The van der Waals surface area contributed by atoms with Crippen molar-refractivity contribution in [3.8, 4) is 0 Å². The number of hydrogen-bond donors (Lipinski definition) is 2. The Morgan fingerprint density at radius 1 is 0.975 bits per heavy atom. The fraction of sp³-hybridized carbons (Fsp3) is 0.294. The number of aliphatic hydroxyl groups is 1. The van der Waals surface area contributed by atoms with Crippen LogP contribution in [-0.4, -0.2) is 33.0 Å². The maximum Gasteiger partial charge on any atom is 0.310 e. The van der Waals surface area contributed by atoms with E-state index in [1.54, 1.807) is 6.92 Å². The lowest BCUT2D eigenvalue weighted by molar-refractivity contribution is -0.138. The first-order valence-corrected chi connectivity index (χ1v) is 15.2. The number of nitrogens with zero attached hydrogens (tertiary/aromatic N) is 1. The van der Waals surface area contributed by atoms with Gasteiger partial charge in [0.15, 0.2) is 0 Å². The molecule has 4 nitrogen and oxygen atoms in total. The summed E-state index contributed by atoms with van der Waals surface area (Å²) in [6, 6.07) is 26.2. The third kappa shape index (κ3) is 8.44. The standard InChI is InChI=1S/C34H36ClNO3S/c1-23(37)7-6-20-40-33(19-15-26-9-3-4-11-31(26)24(2)34(38)39)28-10-5-8-25(21-28)12-17-30-18-14-27-13-16-29(35)22-32(27)36-30/h3-5,8-14,16-18,21-24,33,37H,6-7,15,19-20H2,1-2H3,(H,38,39)/t23?,24?,33-/m0/s1. The molecule has 0 amide bonds. The van der Waals surface area contributed by atoms with E-state index in [4.69, 9.17) is 16.6 Å². The van der Waals surface area contributed by atoms with Gasteiger partial charge >= 0.3 is 5.97 Å². The third-order valence-corrected chi connectivity index (χ3v) is 8.73. The molecule has 2 unspecified atom stereocenters. The number of aliphatic carboxylic acids is 1. The number of halogens is 1. The average Bonchev–Trinajstić information content (AvgIpc) is 2.95. The largest absolute Gasteiger partial charge is 0.481 e. The normalized spacial score (nSPS) is 13.9. The number of aryl methyl sites for hydroxylation is 1. The third-order valence-electron chi connectivity index (χ3n) is 7.06. The Balaban J connectivity index is 1.53. The monoisotopic (exact) mass is 573 g/mol. The van der Waals surface area contributed by atoms with Gasteiger partial charge in [-0.05, 0) is 91.8 Å². The van der Waals surface area contributed by atoms with Crippen LogP contribution in [0.3, 0.4) is 0 Å². The summed E-state index contributed by atoms with van der Waals surface area (Å²) < 4.78 is 0. The molecule has 0 spiro atoms. The number of benzene rings is 3. The van der Waals surface area contributed by atoms with E-state index in [1.807, 2.05) is 73.3 Å². The van der Waals surface area contributed by atoms with E-state index in [-0.39, 0.29) is 11.4 Å². The molecule has 1 heterocycles. The zero-order valence-corrected chi connectivity index (χ0v) is 24.5. The van der Waals surface area contributed by atoms with Crippen LogP contribution in [0.25, 0.3) is 23.1 Å². The van der Waals surface area contributed by atoms with E-state index in [0.29, 0.717) is 5.02 Å². The predicted molar refractivity (Wildman–Crippen MR) is 169 cm³/mol. The zero-order valence-electron chi connectivity index (χ0n) is 23.0. The maximum absolute atomic E-state index is 11.7. The Bertz CT molecular complexity index is 1470. The van der Waals surface area contributed by atoms with Crippen molar-refractivity contribution in [2.45, 2.75) is 56.8 Å². The second kappa shape index (κ2) is 14.5. The molecule has 40 heavy (non-hydrogen) atoms. The van der Waals surface area contributed by atoms with E-state index in [1.165, 1.54) is 5.56 Å². The molecule has 0 aliphatic carbocycles. The van der Waals surface area contributed by atoms with Crippen LogP contribution in [0, 0.1) is 0 Å². The van der Waals surface area contributed by atoms with Gasteiger partial charge in [0.25, 0.3) is 0 Å². The highest BCUT2D eigenvalue weighted by Crippen LogP contribution is 2.36.